The van der Waals surface area contributed by atoms with Crippen molar-refractivity contribution in [3.05, 3.63) is 46.5 Å². The van der Waals surface area contributed by atoms with Gasteiger partial charge < -0.3 is 5.32 Å². The molecule has 0 aliphatic rings. The van der Waals surface area contributed by atoms with Crippen LogP contribution in [0.25, 0.3) is 0 Å². The van der Waals surface area contributed by atoms with Crippen LogP contribution in [-0.4, -0.2) is 14.8 Å². The number of hydrogen-bond acceptors (Lipinski definition) is 3. The maximum atomic E-state index is 4.30. The van der Waals surface area contributed by atoms with Gasteiger partial charge in [-0.2, -0.15) is 5.10 Å². The van der Waals surface area contributed by atoms with Crippen LogP contribution in [0.4, 0.5) is 0 Å². The largest absolute Gasteiger partial charge is 0.303 e. The van der Waals surface area contributed by atoms with Gasteiger partial charge in [0.2, 0.25) is 0 Å². The lowest BCUT2D eigenvalue weighted by molar-refractivity contribution is 0.473. The highest BCUT2D eigenvalue weighted by Crippen LogP contribution is 2.18. The van der Waals surface area contributed by atoms with Gasteiger partial charge in [0, 0.05) is 16.6 Å². The summed E-state index contributed by atoms with van der Waals surface area (Å²) in [4.78, 5) is 4.30. The van der Waals surface area contributed by atoms with Crippen LogP contribution in [0.3, 0.4) is 0 Å². The molecule has 1 N–H and O–H groups in total. The zero-order chi connectivity index (χ0) is 13.8. The molecule has 0 fully saturated rings. The van der Waals surface area contributed by atoms with Gasteiger partial charge in [0.1, 0.15) is 12.2 Å². The molecule has 2 rings (SSSR count). The topological polar surface area (TPSA) is 42.7 Å². The van der Waals surface area contributed by atoms with Gasteiger partial charge in [-0.15, -0.1) is 0 Å². The number of hydrogen-bond donors (Lipinski definition) is 1. The third-order valence-corrected chi connectivity index (χ3v) is 3.54. The molecule has 1 aromatic heterocycles. The highest BCUT2D eigenvalue weighted by atomic mass is 79.9. The number of aromatic nitrogens is 3. The average molecular weight is 323 g/mol. The van der Waals surface area contributed by atoms with Crippen molar-refractivity contribution in [1.82, 2.24) is 20.1 Å². The van der Waals surface area contributed by atoms with E-state index in [9.17, 15) is 0 Å². The molecule has 0 amide bonds. The molecule has 1 atom stereocenters. The molecule has 5 heteroatoms. The Morgan fingerprint density at radius 2 is 2.11 bits per heavy atom. The molecule has 1 heterocycles. The van der Waals surface area contributed by atoms with Crippen molar-refractivity contribution in [3.63, 3.8) is 0 Å². The van der Waals surface area contributed by atoms with Gasteiger partial charge in [-0.25, -0.2) is 9.67 Å². The Balaban J connectivity index is 2.00. The second-order valence-electron chi connectivity index (χ2n) is 4.87. The minimum absolute atomic E-state index is 0.273. The summed E-state index contributed by atoms with van der Waals surface area (Å²) < 4.78 is 3.05. The quantitative estimate of drug-likeness (QED) is 0.916. The van der Waals surface area contributed by atoms with E-state index in [0.29, 0.717) is 12.6 Å². The molecule has 19 heavy (non-hydrogen) atoms. The summed E-state index contributed by atoms with van der Waals surface area (Å²) in [5.41, 5.74) is 1.25. The van der Waals surface area contributed by atoms with Crippen LogP contribution in [0.1, 0.15) is 44.2 Å². The Morgan fingerprint density at radius 1 is 1.32 bits per heavy atom. The summed E-state index contributed by atoms with van der Waals surface area (Å²) in [6.45, 7) is 7.08. The lowest BCUT2D eigenvalue weighted by Gasteiger charge is -2.15. The van der Waals surface area contributed by atoms with Crippen molar-refractivity contribution in [3.8, 4) is 0 Å². The zero-order valence-corrected chi connectivity index (χ0v) is 13.1. The number of rotatable bonds is 5. The van der Waals surface area contributed by atoms with E-state index in [1.165, 1.54) is 5.56 Å². The molecule has 4 nitrogen and oxygen atoms in total. The van der Waals surface area contributed by atoms with Crippen molar-refractivity contribution in [2.75, 3.05) is 0 Å². The number of benzene rings is 1. The van der Waals surface area contributed by atoms with Gasteiger partial charge in [0.25, 0.3) is 0 Å². The lowest BCUT2D eigenvalue weighted by atomic mass is 10.1. The first-order chi connectivity index (χ1) is 9.08. The third-order valence-electron chi connectivity index (χ3n) is 3.05. The number of halogens is 1. The van der Waals surface area contributed by atoms with Crippen molar-refractivity contribution >= 4 is 15.9 Å². The summed E-state index contributed by atoms with van der Waals surface area (Å²) >= 11 is 3.50. The summed E-state index contributed by atoms with van der Waals surface area (Å²) in [5, 5.41) is 7.72. The molecule has 0 unspecified atom stereocenters. The fourth-order valence-corrected chi connectivity index (χ4v) is 2.39. The Hall–Kier alpha value is -1.20. The van der Waals surface area contributed by atoms with Crippen LogP contribution in [0.5, 0.6) is 0 Å². The van der Waals surface area contributed by atoms with E-state index in [4.69, 9.17) is 0 Å². The van der Waals surface area contributed by atoms with Gasteiger partial charge >= 0.3 is 0 Å². The first-order valence-electron chi connectivity index (χ1n) is 6.45. The van der Waals surface area contributed by atoms with Crippen molar-refractivity contribution in [2.24, 2.45) is 0 Å². The molecule has 0 saturated heterocycles. The Kier molecular flexibility index (Phi) is 4.71. The van der Waals surface area contributed by atoms with E-state index in [1.54, 1.807) is 6.33 Å². The van der Waals surface area contributed by atoms with Gasteiger partial charge in [-0.3, -0.25) is 0 Å². The monoisotopic (exact) mass is 322 g/mol. The van der Waals surface area contributed by atoms with Gasteiger partial charge in [0.05, 0.1) is 6.54 Å². The standard InChI is InChI=1S/C14H19BrN4/c1-10(2)19-14(17-9-18-19)8-16-11(3)12-5-4-6-13(15)7-12/h4-7,9-11,16H,8H2,1-3H3/t11-/m0/s1. The minimum atomic E-state index is 0.273. The van der Waals surface area contributed by atoms with Crippen LogP contribution in [0, 0.1) is 0 Å². The fraction of sp³-hybridized carbons (Fsp3) is 0.429. The molecule has 102 valence electrons. The van der Waals surface area contributed by atoms with Crippen molar-refractivity contribution < 1.29 is 0 Å². The zero-order valence-electron chi connectivity index (χ0n) is 11.5. The molecule has 0 saturated carbocycles. The Bertz CT molecular complexity index is 536. The lowest BCUT2D eigenvalue weighted by Crippen LogP contribution is -2.21. The number of nitrogens with zero attached hydrogens (tertiary/aromatic N) is 3. The maximum Gasteiger partial charge on any atom is 0.141 e. The first kappa shape index (κ1) is 14.2. The van der Waals surface area contributed by atoms with Crippen molar-refractivity contribution in [1.29, 1.82) is 0 Å². The first-order valence-corrected chi connectivity index (χ1v) is 7.24. The van der Waals surface area contributed by atoms with E-state index in [2.05, 4.69) is 64.2 Å². The van der Waals surface area contributed by atoms with E-state index >= 15 is 0 Å². The Labute approximate surface area is 122 Å². The normalized spacial score (nSPS) is 12.9. The summed E-state index contributed by atoms with van der Waals surface area (Å²) in [6.07, 6.45) is 1.61. The predicted octanol–water partition coefficient (Wildman–Crippen LogP) is 3.47. The van der Waals surface area contributed by atoms with E-state index < -0.39 is 0 Å². The van der Waals surface area contributed by atoms with Crippen molar-refractivity contribution in [2.45, 2.75) is 39.4 Å². The van der Waals surface area contributed by atoms with Crippen LogP contribution in [0.2, 0.25) is 0 Å². The van der Waals surface area contributed by atoms with Gasteiger partial charge in [-0.1, -0.05) is 28.1 Å². The van der Waals surface area contributed by atoms with Crippen LogP contribution >= 0.6 is 15.9 Å². The average Bonchev–Trinajstić information content (AvgIpc) is 2.84. The molecule has 0 spiro atoms. The summed E-state index contributed by atoms with van der Waals surface area (Å²) in [6, 6.07) is 8.94. The van der Waals surface area contributed by atoms with E-state index in [0.717, 1.165) is 10.3 Å². The molecule has 0 aliphatic carbocycles. The third kappa shape index (κ3) is 3.64. The predicted molar refractivity (Wildman–Crippen MR) is 79.8 cm³/mol. The summed E-state index contributed by atoms with van der Waals surface area (Å²) in [5.74, 6) is 0.969. The smallest absolute Gasteiger partial charge is 0.141 e. The van der Waals surface area contributed by atoms with Crippen LogP contribution in [0.15, 0.2) is 35.1 Å². The maximum absolute atomic E-state index is 4.30. The molecule has 2 aromatic rings. The highest BCUT2D eigenvalue weighted by molar-refractivity contribution is 9.10. The minimum Gasteiger partial charge on any atom is -0.303 e. The second kappa shape index (κ2) is 6.30. The SMILES string of the molecule is CC(C)n1ncnc1CN[C@@H](C)c1cccc(Br)c1. The van der Waals surface area contributed by atoms with Gasteiger partial charge in [0.15, 0.2) is 0 Å². The molecule has 1 aromatic carbocycles. The van der Waals surface area contributed by atoms with E-state index in [-0.39, 0.29) is 6.04 Å². The summed E-state index contributed by atoms with van der Waals surface area (Å²) in [7, 11) is 0. The fourth-order valence-electron chi connectivity index (χ4n) is 1.97. The highest BCUT2D eigenvalue weighted by Gasteiger charge is 2.10. The second-order valence-corrected chi connectivity index (χ2v) is 5.79. The molecule has 0 bridgehead atoms. The molecular formula is C14H19BrN4. The molecule has 0 aliphatic heterocycles. The number of nitrogens with one attached hydrogen (secondary N) is 1. The van der Waals surface area contributed by atoms with Crippen LogP contribution < -0.4 is 5.32 Å². The van der Waals surface area contributed by atoms with Gasteiger partial charge in [-0.05, 0) is 38.5 Å². The van der Waals surface area contributed by atoms with E-state index in [1.807, 2.05) is 16.8 Å². The van der Waals surface area contributed by atoms with Crippen LogP contribution in [-0.2, 0) is 6.54 Å². The molecular weight excluding hydrogens is 304 g/mol. The molecule has 0 radical (unpaired) electrons. The Morgan fingerprint density at radius 3 is 2.79 bits per heavy atom.